The van der Waals surface area contributed by atoms with Gasteiger partial charge >= 0.3 is 0 Å². The van der Waals surface area contributed by atoms with Crippen LogP contribution in [-0.4, -0.2) is 44.7 Å². The van der Waals surface area contributed by atoms with Gasteiger partial charge in [-0.1, -0.05) is 0 Å². The highest BCUT2D eigenvalue weighted by atomic mass is 32.2. The molecule has 0 radical (unpaired) electrons. The summed E-state index contributed by atoms with van der Waals surface area (Å²) in [5, 5.41) is 5.57. The number of pyridine rings is 1. The molecule has 1 heterocycles. The van der Waals surface area contributed by atoms with E-state index < -0.39 is 15.6 Å². The van der Waals surface area contributed by atoms with Crippen molar-refractivity contribution in [3.05, 3.63) is 24.0 Å². The topological polar surface area (TPSA) is 100 Å². The zero-order chi connectivity index (χ0) is 15.4. The van der Waals surface area contributed by atoms with E-state index >= 15 is 0 Å². The zero-order valence-corrected chi connectivity index (χ0v) is 12.8. The van der Waals surface area contributed by atoms with Crippen LogP contribution in [0.25, 0.3) is 0 Å². The lowest BCUT2D eigenvalue weighted by Crippen LogP contribution is -2.47. The van der Waals surface area contributed by atoms with Gasteiger partial charge in [0.1, 0.15) is 5.69 Å². The summed E-state index contributed by atoms with van der Waals surface area (Å²) in [5.74, 6) is -0.276. The van der Waals surface area contributed by atoms with Crippen molar-refractivity contribution in [3.8, 4) is 0 Å². The first kappa shape index (κ1) is 16.4. The minimum atomic E-state index is -3.28. The maximum atomic E-state index is 11.5. The van der Waals surface area contributed by atoms with Gasteiger partial charge < -0.3 is 10.6 Å². The highest BCUT2D eigenvalue weighted by molar-refractivity contribution is 7.88. The number of hydrogen-bond donors (Lipinski definition) is 3. The van der Waals surface area contributed by atoms with Gasteiger partial charge in [-0.3, -0.25) is 9.78 Å². The Morgan fingerprint density at radius 3 is 2.60 bits per heavy atom. The van der Waals surface area contributed by atoms with Crippen molar-refractivity contribution in [2.75, 3.05) is 25.2 Å². The molecule has 0 saturated carbocycles. The predicted molar refractivity (Wildman–Crippen MR) is 78.2 cm³/mol. The second kappa shape index (κ2) is 6.19. The molecule has 0 bridgehead atoms. The van der Waals surface area contributed by atoms with Crippen LogP contribution in [0.3, 0.4) is 0 Å². The lowest BCUT2D eigenvalue weighted by Gasteiger charge is -2.25. The summed E-state index contributed by atoms with van der Waals surface area (Å²) in [4.78, 5) is 15.4. The molecule has 20 heavy (non-hydrogen) atoms. The molecule has 1 amide bonds. The van der Waals surface area contributed by atoms with E-state index in [1.807, 2.05) is 0 Å². The van der Waals surface area contributed by atoms with Crippen molar-refractivity contribution in [2.24, 2.45) is 0 Å². The SMILES string of the molecule is CNC(=O)c1cc(NCC(C)(C)NS(C)(=O)=O)ccn1. The van der Waals surface area contributed by atoms with Crippen LogP contribution in [-0.2, 0) is 10.0 Å². The Morgan fingerprint density at radius 1 is 1.40 bits per heavy atom. The van der Waals surface area contributed by atoms with E-state index in [-0.39, 0.29) is 5.91 Å². The number of anilines is 1. The minimum Gasteiger partial charge on any atom is -0.383 e. The molecule has 0 aliphatic carbocycles. The number of nitrogens with zero attached hydrogens (tertiary/aromatic N) is 1. The molecule has 0 aliphatic heterocycles. The van der Waals surface area contributed by atoms with Crippen LogP contribution in [0.4, 0.5) is 5.69 Å². The van der Waals surface area contributed by atoms with E-state index in [4.69, 9.17) is 0 Å². The second-order valence-electron chi connectivity index (χ2n) is 5.12. The largest absolute Gasteiger partial charge is 0.383 e. The first-order valence-electron chi connectivity index (χ1n) is 6.04. The number of sulfonamides is 1. The fraction of sp³-hybridized carbons (Fsp3) is 0.500. The van der Waals surface area contributed by atoms with Crippen LogP contribution in [0.5, 0.6) is 0 Å². The molecule has 0 aromatic carbocycles. The van der Waals surface area contributed by atoms with E-state index in [1.165, 1.54) is 13.2 Å². The normalized spacial score (nSPS) is 12.0. The lowest BCUT2D eigenvalue weighted by atomic mass is 10.1. The number of aromatic nitrogens is 1. The van der Waals surface area contributed by atoms with Gasteiger partial charge in [0.25, 0.3) is 5.91 Å². The number of nitrogens with one attached hydrogen (secondary N) is 3. The number of carbonyl (C=O) groups excluding carboxylic acids is 1. The standard InChI is InChI=1S/C12H20N4O3S/c1-12(2,16-20(4,18)19)8-15-9-5-6-14-10(7-9)11(17)13-3/h5-7,16H,8H2,1-4H3,(H,13,17)(H,14,15). The third kappa shape index (κ3) is 5.54. The molecule has 112 valence electrons. The summed E-state index contributed by atoms with van der Waals surface area (Å²) < 4.78 is 25.0. The molecule has 1 aromatic rings. The summed E-state index contributed by atoms with van der Waals surface area (Å²) in [5.41, 5.74) is 0.345. The maximum absolute atomic E-state index is 11.5. The average Bonchev–Trinajstić information content (AvgIpc) is 2.33. The van der Waals surface area contributed by atoms with Crippen LogP contribution < -0.4 is 15.4 Å². The quantitative estimate of drug-likeness (QED) is 0.696. The van der Waals surface area contributed by atoms with E-state index in [2.05, 4.69) is 20.3 Å². The fourth-order valence-electron chi connectivity index (χ4n) is 1.65. The van der Waals surface area contributed by atoms with E-state index in [0.717, 1.165) is 6.26 Å². The van der Waals surface area contributed by atoms with Crippen LogP contribution in [0.15, 0.2) is 18.3 Å². The van der Waals surface area contributed by atoms with Crippen molar-refractivity contribution in [2.45, 2.75) is 19.4 Å². The Bertz CT molecular complexity index is 584. The Balaban J connectivity index is 2.73. The van der Waals surface area contributed by atoms with Crippen molar-refractivity contribution < 1.29 is 13.2 Å². The van der Waals surface area contributed by atoms with Crippen molar-refractivity contribution >= 4 is 21.6 Å². The van der Waals surface area contributed by atoms with Gasteiger partial charge in [-0.25, -0.2) is 13.1 Å². The van der Waals surface area contributed by atoms with Crippen LogP contribution in [0.2, 0.25) is 0 Å². The van der Waals surface area contributed by atoms with Gasteiger partial charge in [0, 0.05) is 31.0 Å². The summed E-state index contributed by atoms with van der Waals surface area (Å²) >= 11 is 0. The Morgan fingerprint density at radius 2 is 2.05 bits per heavy atom. The van der Waals surface area contributed by atoms with E-state index in [0.29, 0.717) is 17.9 Å². The minimum absolute atomic E-state index is 0.276. The van der Waals surface area contributed by atoms with Crippen LogP contribution in [0, 0.1) is 0 Å². The molecule has 7 nitrogen and oxygen atoms in total. The summed E-state index contributed by atoms with van der Waals surface area (Å²) in [6.07, 6.45) is 2.63. The maximum Gasteiger partial charge on any atom is 0.269 e. The first-order chi connectivity index (χ1) is 9.13. The molecule has 3 N–H and O–H groups in total. The summed E-state index contributed by atoms with van der Waals surface area (Å²) in [6, 6.07) is 3.32. The molecule has 8 heteroatoms. The molecular weight excluding hydrogens is 280 g/mol. The van der Waals surface area contributed by atoms with Crippen LogP contribution >= 0.6 is 0 Å². The number of amides is 1. The molecule has 0 saturated heterocycles. The average molecular weight is 300 g/mol. The van der Waals surface area contributed by atoms with Gasteiger partial charge in [0.05, 0.1) is 6.26 Å². The third-order valence-corrected chi connectivity index (χ3v) is 3.34. The molecule has 1 rings (SSSR count). The molecule has 0 atom stereocenters. The fourth-order valence-corrected chi connectivity index (χ4v) is 2.73. The van der Waals surface area contributed by atoms with Gasteiger partial charge in [0.2, 0.25) is 10.0 Å². The second-order valence-corrected chi connectivity index (χ2v) is 6.87. The molecular formula is C12H20N4O3S. The van der Waals surface area contributed by atoms with Gasteiger partial charge in [-0.2, -0.15) is 0 Å². The molecule has 0 fully saturated rings. The Kier molecular flexibility index (Phi) is 5.07. The molecule has 0 aliphatic rings. The highest BCUT2D eigenvalue weighted by Crippen LogP contribution is 2.11. The first-order valence-corrected chi connectivity index (χ1v) is 7.93. The molecule has 1 aromatic heterocycles. The monoisotopic (exact) mass is 300 g/mol. The highest BCUT2D eigenvalue weighted by Gasteiger charge is 2.21. The number of hydrogen-bond acceptors (Lipinski definition) is 5. The summed E-state index contributed by atoms with van der Waals surface area (Å²) in [6.45, 7) is 3.90. The van der Waals surface area contributed by atoms with Gasteiger partial charge in [-0.05, 0) is 26.0 Å². The molecule has 0 spiro atoms. The zero-order valence-electron chi connectivity index (χ0n) is 12.0. The van der Waals surface area contributed by atoms with Crippen molar-refractivity contribution in [3.63, 3.8) is 0 Å². The summed E-state index contributed by atoms with van der Waals surface area (Å²) in [7, 11) is -1.75. The van der Waals surface area contributed by atoms with Gasteiger partial charge in [-0.15, -0.1) is 0 Å². The number of rotatable bonds is 6. The van der Waals surface area contributed by atoms with Crippen LogP contribution in [0.1, 0.15) is 24.3 Å². The van der Waals surface area contributed by atoms with E-state index in [1.54, 1.807) is 26.0 Å². The van der Waals surface area contributed by atoms with Crippen molar-refractivity contribution in [1.29, 1.82) is 0 Å². The Hall–Kier alpha value is -1.67. The number of carbonyl (C=O) groups is 1. The van der Waals surface area contributed by atoms with Crippen molar-refractivity contribution in [1.82, 2.24) is 15.0 Å². The lowest BCUT2D eigenvalue weighted by molar-refractivity contribution is 0.0958. The smallest absolute Gasteiger partial charge is 0.269 e. The van der Waals surface area contributed by atoms with E-state index in [9.17, 15) is 13.2 Å². The molecule has 0 unspecified atom stereocenters. The predicted octanol–water partition coefficient (Wildman–Crippen LogP) is 0.181. The third-order valence-electron chi connectivity index (χ3n) is 2.42. The van der Waals surface area contributed by atoms with Gasteiger partial charge in [0.15, 0.2) is 0 Å². The Labute approximate surface area is 119 Å².